The Bertz CT molecular complexity index is 145. The van der Waals surface area contributed by atoms with E-state index in [2.05, 4.69) is 23.8 Å². The first-order chi connectivity index (χ1) is 6.75. The molecule has 0 amide bonds. The van der Waals surface area contributed by atoms with E-state index in [-0.39, 0.29) is 0 Å². The van der Waals surface area contributed by atoms with Gasteiger partial charge in [0, 0.05) is 39.3 Å². The van der Waals surface area contributed by atoms with Crippen molar-refractivity contribution in [2.75, 3.05) is 26.2 Å². The lowest BCUT2D eigenvalue weighted by atomic mass is 9.86. The average Bonchev–Trinajstić information content (AvgIpc) is 2.21. The lowest BCUT2D eigenvalue weighted by Gasteiger charge is -2.40. The predicted octanol–water partition coefficient (Wildman–Crippen LogP) is 1.97. The van der Waals surface area contributed by atoms with Crippen LogP contribution < -0.4 is 0 Å². The van der Waals surface area contributed by atoms with Crippen LogP contribution in [0.5, 0.6) is 0 Å². The van der Waals surface area contributed by atoms with E-state index >= 15 is 0 Å². The summed E-state index contributed by atoms with van der Waals surface area (Å²) in [5, 5.41) is 0. The monoisotopic (exact) mass is 195 g/mol. The van der Waals surface area contributed by atoms with Crippen LogP contribution in [-0.4, -0.2) is 42.0 Å². The van der Waals surface area contributed by atoms with Crippen LogP contribution in [0.25, 0.3) is 0 Å². The highest BCUT2D eigenvalue weighted by molar-refractivity contribution is 4.82. The Hall–Kier alpha value is -0.0800. The predicted molar refractivity (Wildman–Crippen MR) is 59.9 cm³/mol. The number of piperazine rings is 1. The molecular formula is C12H23N2. The second kappa shape index (κ2) is 4.63. The maximum atomic E-state index is 4.00. The van der Waals surface area contributed by atoms with E-state index in [1.807, 2.05) is 0 Å². The summed E-state index contributed by atoms with van der Waals surface area (Å²) >= 11 is 0. The molecule has 2 rings (SSSR count). The van der Waals surface area contributed by atoms with Crippen molar-refractivity contribution >= 4 is 0 Å². The zero-order valence-corrected chi connectivity index (χ0v) is 9.41. The Morgan fingerprint density at radius 2 is 1.50 bits per heavy atom. The molecule has 2 fully saturated rings. The van der Waals surface area contributed by atoms with Gasteiger partial charge in [0.2, 0.25) is 0 Å². The molecule has 0 atom stereocenters. The van der Waals surface area contributed by atoms with E-state index in [1.54, 1.807) is 0 Å². The van der Waals surface area contributed by atoms with Gasteiger partial charge in [-0.15, -0.1) is 0 Å². The maximum absolute atomic E-state index is 4.00. The van der Waals surface area contributed by atoms with Crippen molar-refractivity contribution in [3.8, 4) is 0 Å². The second-order valence-corrected chi connectivity index (χ2v) is 5.07. The third-order valence-electron chi connectivity index (χ3n) is 3.91. The summed E-state index contributed by atoms with van der Waals surface area (Å²) in [5.74, 6) is 0.973. The summed E-state index contributed by atoms with van der Waals surface area (Å²) in [6, 6.07) is 0.889. The molecular weight excluding hydrogens is 172 g/mol. The molecule has 1 saturated carbocycles. The third kappa shape index (κ3) is 2.48. The van der Waals surface area contributed by atoms with Gasteiger partial charge in [0.05, 0.1) is 0 Å². The maximum Gasteiger partial charge on any atom is 0.0113 e. The fourth-order valence-corrected chi connectivity index (χ4v) is 2.74. The number of rotatable bonds is 1. The average molecular weight is 195 g/mol. The second-order valence-electron chi connectivity index (χ2n) is 5.07. The van der Waals surface area contributed by atoms with Crippen LogP contribution in [-0.2, 0) is 0 Å². The molecule has 0 spiro atoms. The SMILES string of the molecule is [CH2]N1CCN(C2CCC(C)CC2)CC1. The topological polar surface area (TPSA) is 6.48 Å². The molecule has 1 radical (unpaired) electrons. The highest BCUT2D eigenvalue weighted by Gasteiger charge is 2.25. The smallest absolute Gasteiger partial charge is 0.0113 e. The van der Waals surface area contributed by atoms with Crippen LogP contribution in [0.15, 0.2) is 0 Å². The molecule has 1 heterocycles. The molecule has 2 nitrogen and oxygen atoms in total. The molecule has 0 aromatic rings. The van der Waals surface area contributed by atoms with E-state index in [4.69, 9.17) is 0 Å². The quantitative estimate of drug-likeness (QED) is 0.631. The van der Waals surface area contributed by atoms with Crippen LogP contribution in [0.1, 0.15) is 32.6 Å². The van der Waals surface area contributed by atoms with Gasteiger partial charge in [-0.1, -0.05) is 6.92 Å². The van der Waals surface area contributed by atoms with Gasteiger partial charge in [0.25, 0.3) is 0 Å². The molecule has 1 aliphatic carbocycles. The molecule has 0 unspecified atom stereocenters. The van der Waals surface area contributed by atoms with Crippen LogP contribution in [0.3, 0.4) is 0 Å². The molecule has 1 saturated heterocycles. The van der Waals surface area contributed by atoms with Gasteiger partial charge in [-0.2, -0.15) is 0 Å². The standard InChI is InChI=1S/C12H23N2/c1-11-3-5-12(6-4-11)14-9-7-13(2)8-10-14/h11-12H,2-10H2,1H3. The number of nitrogens with zero attached hydrogens (tertiary/aromatic N) is 2. The van der Waals surface area contributed by atoms with Crippen molar-refractivity contribution in [1.82, 2.24) is 9.80 Å². The minimum absolute atomic E-state index is 0.889. The Labute approximate surface area is 88.3 Å². The van der Waals surface area contributed by atoms with E-state index in [1.165, 1.54) is 38.8 Å². The van der Waals surface area contributed by atoms with Crippen LogP contribution >= 0.6 is 0 Å². The normalized spacial score (nSPS) is 37.3. The molecule has 0 aromatic heterocycles. The molecule has 0 N–H and O–H groups in total. The fourth-order valence-electron chi connectivity index (χ4n) is 2.74. The third-order valence-corrected chi connectivity index (χ3v) is 3.91. The summed E-state index contributed by atoms with van der Waals surface area (Å²) < 4.78 is 0. The fraction of sp³-hybridized carbons (Fsp3) is 0.917. The molecule has 0 aromatic carbocycles. The van der Waals surface area contributed by atoms with Crippen LogP contribution in [0.4, 0.5) is 0 Å². The van der Waals surface area contributed by atoms with Gasteiger partial charge in [0.15, 0.2) is 0 Å². The van der Waals surface area contributed by atoms with E-state index in [0.29, 0.717) is 0 Å². The summed E-state index contributed by atoms with van der Waals surface area (Å²) in [4.78, 5) is 4.88. The summed E-state index contributed by atoms with van der Waals surface area (Å²) in [6.45, 7) is 7.19. The zero-order valence-electron chi connectivity index (χ0n) is 9.41. The van der Waals surface area contributed by atoms with Crippen molar-refractivity contribution in [1.29, 1.82) is 0 Å². The van der Waals surface area contributed by atoms with Crippen molar-refractivity contribution in [2.24, 2.45) is 5.92 Å². The van der Waals surface area contributed by atoms with Gasteiger partial charge in [0.1, 0.15) is 0 Å². The van der Waals surface area contributed by atoms with Crippen molar-refractivity contribution in [3.63, 3.8) is 0 Å². The minimum Gasteiger partial charge on any atom is -0.300 e. The van der Waals surface area contributed by atoms with Crippen LogP contribution in [0.2, 0.25) is 0 Å². The van der Waals surface area contributed by atoms with Gasteiger partial charge in [-0.25, -0.2) is 0 Å². The first kappa shape index (κ1) is 10.4. The van der Waals surface area contributed by atoms with E-state index in [9.17, 15) is 0 Å². The van der Waals surface area contributed by atoms with Gasteiger partial charge in [-0.05, 0) is 31.6 Å². The zero-order chi connectivity index (χ0) is 9.97. The largest absolute Gasteiger partial charge is 0.300 e. The summed E-state index contributed by atoms with van der Waals surface area (Å²) in [6.07, 6.45) is 5.74. The lowest BCUT2D eigenvalue weighted by Crippen LogP contribution is -2.49. The Morgan fingerprint density at radius 1 is 0.929 bits per heavy atom. The molecule has 2 heteroatoms. The van der Waals surface area contributed by atoms with Gasteiger partial charge >= 0.3 is 0 Å². The highest BCUT2D eigenvalue weighted by Crippen LogP contribution is 2.27. The molecule has 1 aliphatic heterocycles. The number of hydrogen-bond donors (Lipinski definition) is 0. The molecule has 14 heavy (non-hydrogen) atoms. The first-order valence-corrected chi connectivity index (χ1v) is 6.05. The van der Waals surface area contributed by atoms with E-state index in [0.717, 1.165) is 25.0 Å². The molecule has 2 aliphatic rings. The minimum atomic E-state index is 0.889. The Kier molecular flexibility index (Phi) is 3.45. The molecule has 81 valence electrons. The van der Waals surface area contributed by atoms with Crippen molar-refractivity contribution < 1.29 is 0 Å². The van der Waals surface area contributed by atoms with E-state index < -0.39 is 0 Å². The van der Waals surface area contributed by atoms with Crippen LogP contribution in [0, 0.1) is 13.0 Å². The lowest BCUT2D eigenvalue weighted by molar-refractivity contribution is 0.0895. The molecule has 0 bridgehead atoms. The Balaban J connectivity index is 1.78. The number of hydrogen-bond acceptors (Lipinski definition) is 2. The summed E-state index contributed by atoms with van der Waals surface area (Å²) in [5.41, 5.74) is 0. The first-order valence-electron chi connectivity index (χ1n) is 6.05. The van der Waals surface area contributed by atoms with Gasteiger partial charge < -0.3 is 0 Å². The van der Waals surface area contributed by atoms with Crippen molar-refractivity contribution in [3.05, 3.63) is 7.05 Å². The Morgan fingerprint density at radius 3 is 2.07 bits per heavy atom. The van der Waals surface area contributed by atoms with Crippen molar-refractivity contribution in [2.45, 2.75) is 38.6 Å². The highest BCUT2D eigenvalue weighted by atomic mass is 15.3. The summed E-state index contributed by atoms with van der Waals surface area (Å²) in [7, 11) is 4.00. The van der Waals surface area contributed by atoms with Gasteiger partial charge in [-0.3, -0.25) is 9.80 Å².